The van der Waals surface area contributed by atoms with Crippen molar-refractivity contribution in [1.29, 1.82) is 0 Å². The van der Waals surface area contributed by atoms with Gasteiger partial charge in [0.25, 0.3) is 5.91 Å². The predicted octanol–water partition coefficient (Wildman–Crippen LogP) is 0.522. The van der Waals surface area contributed by atoms with Gasteiger partial charge in [0, 0.05) is 31.3 Å². The number of halogens is 1. The maximum absolute atomic E-state index is 12.2. The lowest BCUT2D eigenvalue weighted by Crippen LogP contribution is -2.48. The summed E-state index contributed by atoms with van der Waals surface area (Å²) < 4.78 is 5.36. The van der Waals surface area contributed by atoms with Crippen LogP contribution in [0.2, 0.25) is 0 Å². The molecule has 1 aromatic rings. The quantitative estimate of drug-likeness (QED) is 0.619. The molecule has 3 N–H and O–H groups in total. The highest BCUT2D eigenvalue weighted by Gasteiger charge is 2.25. The highest BCUT2D eigenvalue weighted by Crippen LogP contribution is 2.27. The van der Waals surface area contributed by atoms with Gasteiger partial charge < -0.3 is 20.5 Å². The Bertz CT molecular complexity index is 540. The van der Waals surface area contributed by atoms with Gasteiger partial charge >= 0.3 is 5.69 Å². The number of ether oxygens (including phenoxy) is 1. The molecule has 1 saturated heterocycles. The zero-order valence-corrected chi connectivity index (χ0v) is 11.9. The molecule has 1 heterocycles. The van der Waals surface area contributed by atoms with Crippen molar-refractivity contribution in [2.45, 2.75) is 6.10 Å². The number of benzene rings is 1. The molecule has 1 amide bonds. The van der Waals surface area contributed by atoms with Crippen LogP contribution in [0.1, 0.15) is 10.4 Å². The molecule has 2 rings (SSSR count). The second-order valence-corrected chi connectivity index (χ2v) is 4.44. The summed E-state index contributed by atoms with van der Waals surface area (Å²) in [5.74, 6) is -0.832. The minimum atomic E-state index is -0.706. The highest BCUT2D eigenvalue weighted by atomic mass is 35.5. The molecule has 8 nitrogen and oxygen atoms in total. The molecule has 1 atom stereocenters. The van der Waals surface area contributed by atoms with E-state index in [1.54, 1.807) is 4.90 Å². The average molecular weight is 318 g/mol. The number of hydrogen-bond acceptors (Lipinski definition) is 6. The first kappa shape index (κ1) is 17.2. The van der Waals surface area contributed by atoms with Crippen molar-refractivity contribution in [3.63, 3.8) is 0 Å². The van der Waals surface area contributed by atoms with Gasteiger partial charge in [-0.05, 0) is 12.1 Å². The van der Waals surface area contributed by atoms with Crippen LogP contribution in [0.5, 0.6) is 5.75 Å². The molecule has 1 fully saturated rings. The lowest BCUT2D eigenvalue weighted by molar-refractivity contribution is -0.385. The van der Waals surface area contributed by atoms with Gasteiger partial charge in [0.2, 0.25) is 0 Å². The molecule has 0 saturated carbocycles. The normalized spacial score (nSPS) is 18.0. The number of carbonyl (C=O) groups excluding carboxylic acids is 1. The number of nitrogens with two attached hydrogens (primary N) is 1. The van der Waals surface area contributed by atoms with E-state index in [9.17, 15) is 20.0 Å². The Balaban J connectivity index is 0.00000220. The van der Waals surface area contributed by atoms with E-state index in [2.05, 4.69) is 0 Å². The third-order valence-electron chi connectivity index (χ3n) is 3.11. The molecular formula is C12H16ClN3O5. The van der Waals surface area contributed by atoms with Gasteiger partial charge in [-0.3, -0.25) is 14.9 Å². The summed E-state index contributed by atoms with van der Waals surface area (Å²) in [6.45, 7) is 1.50. The number of phenols is 1. The maximum atomic E-state index is 12.2. The van der Waals surface area contributed by atoms with Crippen molar-refractivity contribution in [2.24, 2.45) is 5.73 Å². The standard InChI is InChI=1S/C12H15N3O5.ClH/c13-6-9-7-14(3-4-20-9)12(17)8-1-2-10(15(18)19)11(16)5-8;/h1-2,5,9,16H,3-4,6-7,13H2;1H. The number of nitrogens with zero attached hydrogens (tertiary/aromatic N) is 2. The molecule has 21 heavy (non-hydrogen) atoms. The average Bonchev–Trinajstić information content (AvgIpc) is 2.46. The molecule has 1 aliphatic heterocycles. The van der Waals surface area contributed by atoms with Crippen LogP contribution in [0.4, 0.5) is 5.69 Å². The van der Waals surface area contributed by atoms with E-state index in [4.69, 9.17) is 10.5 Å². The minimum Gasteiger partial charge on any atom is -0.502 e. The van der Waals surface area contributed by atoms with Crippen molar-refractivity contribution in [1.82, 2.24) is 4.90 Å². The lowest BCUT2D eigenvalue weighted by Gasteiger charge is -2.32. The number of hydrogen-bond donors (Lipinski definition) is 2. The number of nitro benzene ring substituents is 1. The first-order chi connectivity index (χ1) is 9.52. The zero-order valence-electron chi connectivity index (χ0n) is 11.1. The smallest absolute Gasteiger partial charge is 0.310 e. The lowest BCUT2D eigenvalue weighted by atomic mass is 10.1. The van der Waals surface area contributed by atoms with Crippen molar-refractivity contribution in [2.75, 3.05) is 26.2 Å². The fourth-order valence-corrected chi connectivity index (χ4v) is 2.04. The fraction of sp³-hybridized carbons (Fsp3) is 0.417. The third kappa shape index (κ3) is 3.81. The van der Waals surface area contributed by atoms with Gasteiger partial charge in [0.15, 0.2) is 5.75 Å². The SMILES string of the molecule is Cl.NCC1CN(C(=O)c2ccc([N+](=O)[O-])c(O)c2)CCO1. The van der Waals surface area contributed by atoms with Crippen molar-refractivity contribution in [3.8, 4) is 5.75 Å². The minimum absolute atomic E-state index is 0. The van der Waals surface area contributed by atoms with Crippen LogP contribution >= 0.6 is 12.4 Å². The Kier molecular flexibility index (Phi) is 5.89. The van der Waals surface area contributed by atoms with Gasteiger partial charge in [0.05, 0.1) is 17.6 Å². The summed E-state index contributed by atoms with van der Waals surface area (Å²) >= 11 is 0. The molecule has 116 valence electrons. The summed E-state index contributed by atoms with van der Waals surface area (Å²) in [7, 11) is 0. The van der Waals surface area contributed by atoms with E-state index in [0.717, 1.165) is 12.1 Å². The number of carbonyl (C=O) groups is 1. The van der Waals surface area contributed by atoms with Crippen molar-refractivity contribution >= 4 is 24.0 Å². The summed E-state index contributed by atoms with van der Waals surface area (Å²) in [6.07, 6.45) is -0.209. The number of phenolic OH excluding ortho intramolecular Hbond substituents is 1. The number of rotatable bonds is 3. The van der Waals surface area contributed by atoms with Gasteiger partial charge in [0.1, 0.15) is 0 Å². The number of amides is 1. The maximum Gasteiger partial charge on any atom is 0.310 e. The number of nitro groups is 1. The molecule has 9 heteroatoms. The molecular weight excluding hydrogens is 302 g/mol. The molecule has 0 aliphatic carbocycles. The molecule has 0 aromatic heterocycles. The van der Waals surface area contributed by atoms with Crippen LogP contribution in [0.25, 0.3) is 0 Å². The Hall–Kier alpha value is -1.90. The molecule has 0 bridgehead atoms. The molecule has 0 spiro atoms. The van der Waals surface area contributed by atoms with Gasteiger partial charge in [-0.15, -0.1) is 12.4 Å². The summed E-state index contributed by atoms with van der Waals surface area (Å²) in [4.78, 5) is 23.7. The highest BCUT2D eigenvalue weighted by molar-refractivity contribution is 5.95. The van der Waals surface area contributed by atoms with Gasteiger partial charge in [-0.1, -0.05) is 0 Å². The zero-order chi connectivity index (χ0) is 14.7. The Morgan fingerprint density at radius 3 is 2.86 bits per heavy atom. The first-order valence-corrected chi connectivity index (χ1v) is 6.11. The molecule has 0 radical (unpaired) electrons. The van der Waals surface area contributed by atoms with E-state index in [1.807, 2.05) is 0 Å². The van der Waals surface area contributed by atoms with E-state index in [0.29, 0.717) is 26.2 Å². The topological polar surface area (TPSA) is 119 Å². The van der Waals surface area contributed by atoms with E-state index in [1.165, 1.54) is 6.07 Å². The van der Waals surface area contributed by atoms with Crippen molar-refractivity contribution in [3.05, 3.63) is 33.9 Å². The van der Waals surface area contributed by atoms with E-state index in [-0.39, 0.29) is 30.0 Å². The third-order valence-corrected chi connectivity index (χ3v) is 3.11. The first-order valence-electron chi connectivity index (χ1n) is 6.11. The molecule has 1 aliphatic rings. The largest absolute Gasteiger partial charge is 0.502 e. The van der Waals surface area contributed by atoms with Crippen LogP contribution in [0.3, 0.4) is 0 Å². The van der Waals surface area contributed by atoms with Crippen LogP contribution in [0.15, 0.2) is 18.2 Å². The van der Waals surface area contributed by atoms with Crippen LogP contribution in [0, 0.1) is 10.1 Å². The number of morpholine rings is 1. The Morgan fingerprint density at radius 1 is 1.57 bits per heavy atom. The van der Waals surface area contributed by atoms with Crippen LogP contribution < -0.4 is 5.73 Å². The molecule has 1 unspecified atom stereocenters. The summed E-state index contributed by atoms with van der Waals surface area (Å²) in [6, 6.07) is 3.55. The summed E-state index contributed by atoms with van der Waals surface area (Å²) in [5.41, 5.74) is 5.28. The molecule has 1 aromatic carbocycles. The Labute approximate surface area is 127 Å². The van der Waals surface area contributed by atoms with E-state index < -0.39 is 16.4 Å². The van der Waals surface area contributed by atoms with Gasteiger partial charge in [-0.2, -0.15) is 0 Å². The Morgan fingerprint density at radius 2 is 2.29 bits per heavy atom. The number of aromatic hydroxyl groups is 1. The van der Waals surface area contributed by atoms with Crippen LogP contribution in [-0.4, -0.2) is 53.2 Å². The monoisotopic (exact) mass is 317 g/mol. The predicted molar refractivity (Wildman–Crippen MR) is 76.7 cm³/mol. The second kappa shape index (κ2) is 7.21. The van der Waals surface area contributed by atoms with Crippen molar-refractivity contribution < 1.29 is 19.6 Å². The fourth-order valence-electron chi connectivity index (χ4n) is 2.04. The summed E-state index contributed by atoms with van der Waals surface area (Å²) in [5, 5.41) is 20.2. The van der Waals surface area contributed by atoms with Gasteiger partial charge in [-0.25, -0.2) is 0 Å². The van der Waals surface area contributed by atoms with E-state index >= 15 is 0 Å². The second-order valence-electron chi connectivity index (χ2n) is 4.44. The van der Waals surface area contributed by atoms with Crippen LogP contribution in [-0.2, 0) is 4.74 Å².